The number of carbonyl (C=O) groups is 1. The van der Waals surface area contributed by atoms with Gasteiger partial charge in [-0.2, -0.15) is 0 Å². The normalized spacial score (nSPS) is 12.3. The van der Waals surface area contributed by atoms with E-state index in [1.54, 1.807) is 0 Å². The molecule has 0 atom stereocenters. The van der Waals surface area contributed by atoms with Crippen molar-refractivity contribution in [1.82, 2.24) is 0 Å². The van der Waals surface area contributed by atoms with E-state index in [2.05, 4.69) is 0 Å². The average Bonchev–Trinajstić information content (AvgIpc) is 2.45. The summed E-state index contributed by atoms with van der Waals surface area (Å²) in [4.78, 5) is 11.6. The second-order valence-electron chi connectivity index (χ2n) is 6.43. The molecule has 0 spiro atoms. The van der Waals surface area contributed by atoms with Crippen LogP contribution in [0.1, 0.15) is 54.7 Å². The highest BCUT2D eigenvalue weighted by Gasteiger charge is 2.19. The third kappa shape index (κ3) is 3.91. The number of hydrogen-bond donors (Lipinski definition) is 0. The Labute approximate surface area is 142 Å². The maximum atomic E-state index is 12.5. The number of alkyl halides is 2. The molecule has 116 valence electrons. The minimum Gasteiger partial charge on any atom is -0.289 e. The van der Waals surface area contributed by atoms with Gasteiger partial charge in [0.05, 0.1) is 9.75 Å². The lowest BCUT2D eigenvalue weighted by molar-refractivity contribution is 0.103. The van der Waals surface area contributed by atoms with Crippen molar-refractivity contribution in [3.8, 4) is 0 Å². The fraction of sp³-hybridized carbons (Fsp3) is 0.316. The van der Waals surface area contributed by atoms with Gasteiger partial charge in [0, 0.05) is 11.1 Å². The predicted octanol–water partition coefficient (Wildman–Crippen LogP) is 5.87. The lowest BCUT2D eigenvalue weighted by Gasteiger charge is -2.17. The van der Waals surface area contributed by atoms with Crippen molar-refractivity contribution in [3.63, 3.8) is 0 Å². The number of benzene rings is 2. The quantitative estimate of drug-likeness (QED) is 0.505. The Hall–Kier alpha value is -1.31. The van der Waals surface area contributed by atoms with Crippen molar-refractivity contribution >= 4 is 29.0 Å². The van der Waals surface area contributed by atoms with E-state index in [0.717, 1.165) is 11.1 Å². The maximum Gasteiger partial charge on any atom is 0.193 e. The minimum atomic E-state index is -0.435. The average molecular weight is 335 g/mol. The van der Waals surface area contributed by atoms with Gasteiger partial charge in [0.2, 0.25) is 0 Å². The Kier molecular flexibility index (Phi) is 4.70. The zero-order valence-electron chi connectivity index (χ0n) is 13.3. The Balaban J connectivity index is 2.25. The molecule has 0 saturated heterocycles. The van der Waals surface area contributed by atoms with Crippen LogP contribution in [-0.4, -0.2) is 5.78 Å². The summed E-state index contributed by atoms with van der Waals surface area (Å²) in [7, 11) is 0. The molecular weight excluding hydrogens is 315 g/mol. The smallest absolute Gasteiger partial charge is 0.193 e. The lowest BCUT2D eigenvalue weighted by Crippen LogP contribution is -2.09. The number of ketones is 1. The van der Waals surface area contributed by atoms with Crippen molar-refractivity contribution in [1.29, 1.82) is 0 Å². The summed E-state index contributed by atoms with van der Waals surface area (Å²) in [6.45, 7) is 7.71. The zero-order valence-corrected chi connectivity index (χ0v) is 14.8. The molecule has 0 aromatic heterocycles. The zero-order chi connectivity index (χ0) is 16.5. The molecule has 0 saturated carbocycles. The van der Waals surface area contributed by atoms with Gasteiger partial charge < -0.3 is 0 Å². The van der Waals surface area contributed by atoms with Crippen molar-refractivity contribution in [2.45, 2.75) is 37.4 Å². The fourth-order valence-corrected chi connectivity index (χ4v) is 2.45. The van der Waals surface area contributed by atoms with E-state index in [9.17, 15) is 4.79 Å². The monoisotopic (exact) mass is 334 g/mol. The Morgan fingerprint density at radius 3 is 1.18 bits per heavy atom. The highest BCUT2D eigenvalue weighted by molar-refractivity contribution is 6.23. The van der Waals surface area contributed by atoms with Crippen molar-refractivity contribution < 1.29 is 4.79 Å². The molecule has 2 aromatic rings. The summed E-state index contributed by atoms with van der Waals surface area (Å²) in [6, 6.07) is 14.9. The molecule has 22 heavy (non-hydrogen) atoms. The van der Waals surface area contributed by atoms with E-state index in [4.69, 9.17) is 23.2 Å². The van der Waals surface area contributed by atoms with Gasteiger partial charge in [-0.25, -0.2) is 0 Å². The molecule has 0 bridgehead atoms. The van der Waals surface area contributed by atoms with Crippen LogP contribution in [0.15, 0.2) is 48.5 Å². The van der Waals surface area contributed by atoms with Gasteiger partial charge in [-0.15, -0.1) is 23.2 Å². The Bertz CT molecular complexity index is 597. The maximum absolute atomic E-state index is 12.5. The summed E-state index contributed by atoms with van der Waals surface area (Å²) in [6.07, 6.45) is 0. The highest BCUT2D eigenvalue weighted by Crippen LogP contribution is 2.29. The molecule has 3 heteroatoms. The predicted molar refractivity (Wildman–Crippen MR) is 94.1 cm³/mol. The third-order valence-electron chi connectivity index (χ3n) is 3.67. The molecule has 0 amide bonds. The first-order valence-electron chi connectivity index (χ1n) is 7.22. The van der Waals surface area contributed by atoms with Crippen LogP contribution < -0.4 is 0 Å². The molecule has 0 aliphatic carbocycles. The van der Waals surface area contributed by atoms with Gasteiger partial charge in [-0.05, 0) is 38.8 Å². The van der Waals surface area contributed by atoms with Crippen LogP contribution in [-0.2, 0) is 9.75 Å². The minimum absolute atomic E-state index is 0.00198. The van der Waals surface area contributed by atoms with Crippen molar-refractivity contribution in [3.05, 3.63) is 70.8 Å². The van der Waals surface area contributed by atoms with Crippen LogP contribution in [0.2, 0.25) is 0 Å². The van der Waals surface area contributed by atoms with E-state index in [1.807, 2.05) is 76.2 Å². The first-order chi connectivity index (χ1) is 10.1. The summed E-state index contributed by atoms with van der Waals surface area (Å²) >= 11 is 12.5. The molecule has 1 nitrogen and oxygen atoms in total. The molecule has 0 N–H and O–H groups in total. The Morgan fingerprint density at radius 1 is 0.682 bits per heavy atom. The fourth-order valence-electron chi connectivity index (χ4n) is 2.20. The number of carbonyl (C=O) groups excluding carboxylic acids is 1. The topological polar surface area (TPSA) is 17.1 Å². The van der Waals surface area contributed by atoms with E-state index < -0.39 is 9.75 Å². The number of halogens is 2. The second-order valence-corrected chi connectivity index (χ2v) is 8.32. The number of hydrogen-bond acceptors (Lipinski definition) is 1. The lowest BCUT2D eigenvalue weighted by atomic mass is 9.95. The largest absolute Gasteiger partial charge is 0.289 e. The first-order valence-corrected chi connectivity index (χ1v) is 7.98. The molecule has 0 aliphatic rings. The van der Waals surface area contributed by atoms with E-state index in [0.29, 0.717) is 11.1 Å². The van der Waals surface area contributed by atoms with Gasteiger partial charge in [-0.1, -0.05) is 48.5 Å². The van der Waals surface area contributed by atoms with Crippen molar-refractivity contribution in [2.75, 3.05) is 0 Å². The molecule has 2 rings (SSSR count). The van der Waals surface area contributed by atoms with E-state index >= 15 is 0 Å². The molecule has 0 aliphatic heterocycles. The van der Waals surface area contributed by atoms with Crippen LogP contribution in [0.4, 0.5) is 0 Å². The summed E-state index contributed by atoms with van der Waals surface area (Å²) < 4.78 is 0. The van der Waals surface area contributed by atoms with Crippen LogP contribution in [0.3, 0.4) is 0 Å². The molecule has 0 radical (unpaired) electrons. The SMILES string of the molecule is CC(C)(Cl)c1ccc(C(=O)c2ccc(C(C)(C)Cl)cc2)cc1. The summed E-state index contributed by atoms with van der Waals surface area (Å²) in [5.41, 5.74) is 3.29. The van der Waals surface area contributed by atoms with E-state index in [1.165, 1.54) is 0 Å². The van der Waals surface area contributed by atoms with Gasteiger partial charge in [0.25, 0.3) is 0 Å². The van der Waals surface area contributed by atoms with Gasteiger partial charge in [0.1, 0.15) is 0 Å². The Morgan fingerprint density at radius 2 is 0.955 bits per heavy atom. The van der Waals surface area contributed by atoms with Crippen LogP contribution in [0, 0.1) is 0 Å². The van der Waals surface area contributed by atoms with Gasteiger partial charge >= 0.3 is 0 Å². The first kappa shape index (κ1) is 17.1. The molecule has 2 aromatic carbocycles. The van der Waals surface area contributed by atoms with Crippen LogP contribution in [0.5, 0.6) is 0 Å². The van der Waals surface area contributed by atoms with Gasteiger partial charge in [-0.3, -0.25) is 4.79 Å². The number of rotatable bonds is 4. The third-order valence-corrected chi connectivity index (χ3v) is 4.10. The molecule has 0 heterocycles. The van der Waals surface area contributed by atoms with E-state index in [-0.39, 0.29) is 5.78 Å². The molecule has 0 unspecified atom stereocenters. The van der Waals surface area contributed by atoms with Crippen LogP contribution in [0.25, 0.3) is 0 Å². The standard InChI is InChI=1S/C19H20Cl2O/c1-18(2,20)15-9-5-13(6-10-15)17(22)14-7-11-16(12-8-14)19(3,4)21/h5-12H,1-4H3. The van der Waals surface area contributed by atoms with Gasteiger partial charge in [0.15, 0.2) is 5.78 Å². The molecule has 0 fully saturated rings. The van der Waals surface area contributed by atoms with Crippen molar-refractivity contribution in [2.24, 2.45) is 0 Å². The molecular formula is C19H20Cl2O. The summed E-state index contributed by atoms with van der Waals surface area (Å²) in [5.74, 6) is -0.00198. The highest BCUT2D eigenvalue weighted by atomic mass is 35.5. The second kappa shape index (κ2) is 6.06. The summed E-state index contributed by atoms with van der Waals surface area (Å²) in [5, 5.41) is 0. The van der Waals surface area contributed by atoms with Crippen LogP contribution >= 0.6 is 23.2 Å².